The van der Waals surface area contributed by atoms with Gasteiger partial charge in [-0.15, -0.1) is 0 Å². The third-order valence-corrected chi connectivity index (χ3v) is 6.25. The van der Waals surface area contributed by atoms with Crippen LogP contribution in [0, 0.1) is 0 Å². The van der Waals surface area contributed by atoms with Crippen molar-refractivity contribution in [2.75, 3.05) is 0 Å². The van der Waals surface area contributed by atoms with Gasteiger partial charge in [-0.2, -0.15) is 0 Å². The van der Waals surface area contributed by atoms with E-state index in [2.05, 4.69) is 0 Å². The maximum atomic E-state index is 11.5. The van der Waals surface area contributed by atoms with Gasteiger partial charge in [0.1, 0.15) is 0 Å². The van der Waals surface area contributed by atoms with Crippen LogP contribution in [0.15, 0.2) is 60.7 Å². The highest BCUT2D eigenvalue weighted by molar-refractivity contribution is 6.02. The van der Waals surface area contributed by atoms with E-state index in [0.29, 0.717) is 12.8 Å². The first kappa shape index (κ1) is 26.2. The second-order valence-corrected chi connectivity index (χ2v) is 8.86. The Morgan fingerprint density at radius 1 is 0.528 bits per heavy atom. The summed E-state index contributed by atoms with van der Waals surface area (Å²) in [6.45, 7) is 3.89. The van der Waals surface area contributed by atoms with Gasteiger partial charge in [0.25, 0.3) is 0 Å². The molecule has 0 spiro atoms. The molecule has 0 radical (unpaired) electrons. The van der Waals surface area contributed by atoms with Crippen LogP contribution in [-0.4, -0.2) is 44.3 Å². The molecule has 0 aliphatic carbocycles. The predicted octanol–water partition coefficient (Wildman–Crippen LogP) is 5.17. The van der Waals surface area contributed by atoms with Gasteiger partial charge < -0.3 is 20.4 Å². The molecule has 186 valence electrons. The van der Waals surface area contributed by atoms with E-state index >= 15 is 0 Å². The predicted molar refractivity (Wildman–Crippen MR) is 131 cm³/mol. The molecule has 3 aromatic rings. The van der Waals surface area contributed by atoms with Crippen molar-refractivity contribution in [3.63, 3.8) is 0 Å². The molecule has 0 aromatic heterocycles. The maximum Gasteiger partial charge on any atom is 0.336 e. The summed E-state index contributed by atoms with van der Waals surface area (Å²) in [7, 11) is 0. The molecule has 0 bridgehead atoms. The summed E-state index contributed by atoms with van der Waals surface area (Å²) >= 11 is 0. The molecule has 0 saturated heterocycles. The number of hydrogen-bond acceptors (Lipinski definition) is 4. The zero-order valence-corrected chi connectivity index (χ0v) is 19.8. The quantitative estimate of drug-likeness (QED) is 0.304. The van der Waals surface area contributed by atoms with Crippen LogP contribution in [0.1, 0.15) is 89.4 Å². The van der Waals surface area contributed by atoms with Gasteiger partial charge in [-0.1, -0.05) is 50.2 Å². The lowest BCUT2D eigenvalue weighted by atomic mass is 9.89. The Kier molecular flexibility index (Phi) is 7.89. The largest absolute Gasteiger partial charge is 0.478 e. The number of hydrogen-bond donors (Lipinski definition) is 4. The molecule has 36 heavy (non-hydrogen) atoms. The number of benzene rings is 3. The SMILES string of the molecule is CC(Cc1ccc(CC(C)c2ccc(C(=O)O)c(C(=O)O)c2)cc1)c1ccc(C(=O)O)c(C(=O)O)c1. The van der Waals surface area contributed by atoms with Crippen molar-refractivity contribution >= 4 is 23.9 Å². The fourth-order valence-corrected chi connectivity index (χ4v) is 4.22. The lowest BCUT2D eigenvalue weighted by molar-refractivity contribution is 0.0651. The molecular weight excluding hydrogens is 464 g/mol. The van der Waals surface area contributed by atoms with E-state index in [1.165, 1.54) is 24.3 Å². The summed E-state index contributed by atoms with van der Waals surface area (Å²) in [6.07, 6.45) is 1.25. The molecule has 8 nitrogen and oxygen atoms in total. The van der Waals surface area contributed by atoms with Gasteiger partial charge in [-0.3, -0.25) is 0 Å². The van der Waals surface area contributed by atoms with Crippen LogP contribution >= 0.6 is 0 Å². The number of aromatic carboxylic acids is 4. The zero-order chi connectivity index (χ0) is 26.6. The minimum absolute atomic E-state index is 0.0436. The van der Waals surface area contributed by atoms with Gasteiger partial charge in [-0.05, 0) is 71.2 Å². The molecule has 4 N–H and O–H groups in total. The average molecular weight is 491 g/mol. The Labute approximate surface area is 207 Å². The summed E-state index contributed by atoms with van der Waals surface area (Å²) in [5, 5.41) is 37.1. The van der Waals surface area contributed by atoms with Crippen LogP contribution in [0.4, 0.5) is 0 Å². The lowest BCUT2D eigenvalue weighted by Gasteiger charge is -2.16. The van der Waals surface area contributed by atoms with Gasteiger partial charge in [0, 0.05) is 0 Å². The first-order valence-electron chi connectivity index (χ1n) is 11.3. The van der Waals surface area contributed by atoms with E-state index in [0.717, 1.165) is 22.3 Å². The van der Waals surface area contributed by atoms with Crippen molar-refractivity contribution in [1.82, 2.24) is 0 Å². The Morgan fingerprint density at radius 3 is 1.11 bits per heavy atom. The molecule has 2 atom stereocenters. The molecular formula is C28H26O8. The van der Waals surface area contributed by atoms with Crippen molar-refractivity contribution in [2.24, 2.45) is 0 Å². The topological polar surface area (TPSA) is 149 Å². The molecule has 0 heterocycles. The molecule has 0 aliphatic rings. The molecule has 3 rings (SSSR count). The molecule has 0 saturated carbocycles. The fraction of sp³-hybridized carbons (Fsp3) is 0.214. The fourth-order valence-electron chi connectivity index (χ4n) is 4.22. The summed E-state index contributed by atoms with van der Waals surface area (Å²) in [6, 6.07) is 16.6. The number of carbonyl (C=O) groups is 4. The van der Waals surface area contributed by atoms with Gasteiger partial charge in [0.15, 0.2) is 0 Å². The Morgan fingerprint density at radius 2 is 0.833 bits per heavy atom. The van der Waals surface area contributed by atoms with Gasteiger partial charge >= 0.3 is 23.9 Å². The Bertz CT molecular complexity index is 1220. The minimum atomic E-state index is -1.28. The molecule has 3 aromatic carbocycles. The van der Waals surface area contributed by atoms with Crippen LogP contribution in [0.3, 0.4) is 0 Å². The standard InChI is InChI=1S/C28H26O8/c1-15(19-7-9-21(25(29)30)23(13-19)27(33)34)11-17-3-5-18(6-4-17)12-16(2)20-8-10-22(26(31)32)24(14-20)28(35)36/h3-10,13-16H,11-12H2,1-2H3,(H,29,30)(H,31,32)(H,33,34)(H,35,36). The monoisotopic (exact) mass is 490 g/mol. The van der Waals surface area contributed by atoms with Crippen molar-refractivity contribution in [3.05, 3.63) is 105 Å². The number of carboxylic acids is 4. The van der Waals surface area contributed by atoms with Crippen LogP contribution in [0.5, 0.6) is 0 Å². The zero-order valence-electron chi connectivity index (χ0n) is 19.8. The highest BCUT2D eigenvalue weighted by Gasteiger charge is 2.20. The summed E-state index contributed by atoms with van der Waals surface area (Å²) in [5.74, 6) is -5.22. The summed E-state index contributed by atoms with van der Waals surface area (Å²) < 4.78 is 0. The highest BCUT2D eigenvalue weighted by Crippen LogP contribution is 2.26. The van der Waals surface area contributed by atoms with E-state index < -0.39 is 23.9 Å². The minimum Gasteiger partial charge on any atom is -0.478 e. The van der Waals surface area contributed by atoms with Crippen LogP contribution < -0.4 is 0 Å². The van der Waals surface area contributed by atoms with E-state index in [1.54, 1.807) is 12.1 Å². The molecule has 0 aliphatic heterocycles. The van der Waals surface area contributed by atoms with Crippen LogP contribution in [-0.2, 0) is 12.8 Å². The average Bonchev–Trinajstić information content (AvgIpc) is 2.84. The third-order valence-electron chi connectivity index (χ3n) is 6.25. The van der Waals surface area contributed by atoms with E-state index in [-0.39, 0.29) is 34.1 Å². The van der Waals surface area contributed by atoms with Gasteiger partial charge in [0.2, 0.25) is 0 Å². The molecule has 2 unspecified atom stereocenters. The number of carboxylic acid groups (broad SMARTS) is 4. The summed E-state index contributed by atoms with van der Waals surface area (Å²) in [5.41, 5.74) is 2.55. The molecule has 8 heteroatoms. The van der Waals surface area contributed by atoms with Crippen molar-refractivity contribution in [1.29, 1.82) is 0 Å². The van der Waals surface area contributed by atoms with E-state index in [1.807, 2.05) is 38.1 Å². The highest BCUT2D eigenvalue weighted by atomic mass is 16.4. The van der Waals surface area contributed by atoms with Crippen molar-refractivity contribution in [2.45, 2.75) is 38.5 Å². The first-order chi connectivity index (χ1) is 17.0. The lowest BCUT2D eigenvalue weighted by Crippen LogP contribution is -2.10. The molecule has 0 amide bonds. The van der Waals surface area contributed by atoms with Crippen molar-refractivity contribution < 1.29 is 39.6 Å². The first-order valence-corrected chi connectivity index (χ1v) is 11.3. The Hall–Kier alpha value is -4.46. The van der Waals surface area contributed by atoms with Crippen molar-refractivity contribution in [3.8, 4) is 0 Å². The summed E-state index contributed by atoms with van der Waals surface area (Å²) in [4.78, 5) is 45.5. The van der Waals surface area contributed by atoms with Gasteiger partial charge in [-0.25, -0.2) is 19.2 Å². The second kappa shape index (κ2) is 10.9. The van der Waals surface area contributed by atoms with Crippen LogP contribution in [0.25, 0.3) is 0 Å². The van der Waals surface area contributed by atoms with E-state index in [4.69, 9.17) is 0 Å². The second-order valence-electron chi connectivity index (χ2n) is 8.86. The maximum absolute atomic E-state index is 11.5. The van der Waals surface area contributed by atoms with Gasteiger partial charge in [0.05, 0.1) is 22.3 Å². The van der Waals surface area contributed by atoms with Crippen LogP contribution in [0.2, 0.25) is 0 Å². The number of rotatable bonds is 10. The normalized spacial score (nSPS) is 12.5. The molecule has 0 fully saturated rings. The third kappa shape index (κ3) is 5.96. The smallest absolute Gasteiger partial charge is 0.336 e. The van der Waals surface area contributed by atoms with E-state index in [9.17, 15) is 39.6 Å². The Balaban J connectivity index is 1.71.